The summed E-state index contributed by atoms with van der Waals surface area (Å²) in [5.74, 6) is 0.874. The number of ether oxygens (including phenoxy) is 3. The van der Waals surface area contributed by atoms with Crippen molar-refractivity contribution in [3.63, 3.8) is 0 Å². The Kier molecular flexibility index (Phi) is 6.36. The number of phenolic OH excluding ortho intramolecular Hbond substituents is 1. The van der Waals surface area contributed by atoms with Gasteiger partial charge in [-0.05, 0) is 24.1 Å². The lowest BCUT2D eigenvalue weighted by Gasteiger charge is -2.09. The Morgan fingerprint density at radius 1 is 1.11 bits per heavy atom. The molecule has 0 aliphatic rings. The fourth-order valence-electron chi connectivity index (χ4n) is 2.59. The Morgan fingerprint density at radius 3 is 2.59 bits per heavy atom. The van der Waals surface area contributed by atoms with Gasteiger partial charge in [0.25, 0.3) is 0 Å². The molecule has 3 rings (SSSR count). The van der Waals surface area contributed by atoms with Crippen LogP contribution < -0.4 is 14.9 Å². The molecule has 2 aromatic carbocycles. The predicted molar refractivity (Wildman–Crippen MR) is 106 cm³/mol. The smallest absolute Gasteiger partial charge is 0.204 e. The monoisotopic (exact) mass is 434 g/mol. The zero-order valence-corrected chi connectivity index (χ0v) is 16.3. The number of benzene rings is 2. The average molecular weight is 435 g/mol. The summed E-state index contributed by atoms with van der Waals surface area (Å²) >= 11 is 3.36. The van der Waals surface area contributed by atoms with Crippen LogP contribution in [0.3, 0.4) is 0 Å². The number of phenols is 1. The van der Waals surface area contributed by atoms with E-state index in [1.54, 1.807) is 30.3 Å². The molecule has 0 atom stereocenters. The van der Waals surface area contributed by atoms with Crippen molar-refractivity contribution in [3.05, 3.63) is 52.9 Å². The Bertz CT molecular complexity index is 965. The molecule has 27 heavy (non-hydrogen) atoms. The minimum atomic E-state index is -0.319. The molecule has 0 radical (unpaired) electrons. The topological polar surface area (TPSA) is 78.1 Å². The summed E-state index contributed by atoms with van der Waals surface area (Å²) in [7, 11) is 1.49. The van der Waals surface area contributed by atoms with E-state index in [1.165, 1.54) is 19.4 Å². The molecule has 0 unspecified atom stereocenters. The van der Waals surface area contributed by atoms with Crippen molar-refractivity contribution in [3.8, 4) is 28.4 Å². The van der Waals surface area contributed by atoms with E-state index in [0.29, 0.717) is 23.5 Å². The first-order valence-corrected chi connectivity index (χ1v) is 9.45. The molecule has 6 nitrogen and oxygen atoms in total. The van der Waals surface area contributed by atoms with Gasteiger partial charge in [-0.25, -0.2) is 0 Å². The summed E-state index contributed by atoms with van der Waals surface area (Å²) in [5, 5.41) is 11.2. The predicted octanol–water partition coefficient (Wildman–Crippen LogP) is 4.31. The Balaban J connectivity index is 1.92. The van der Waals surface area contributed by atoms with Crippen LogP contribution in [0, 0.1) is 0 Å². The number of rotatable bonds is 8. The van der Waals surface area contributed by atoms with Crippen LogP contribution in [0.1, 0.15) is 6.42 Å². The first-order chi connectivity index (χ1) is 13.1. The molecule has 0 aliphatic carbocycles. The van der Waals surface area contributed by atoms with Crippen molar-refractivity contribution in [1.82, 2.24) is 0 Å². The molecular weight excluding hydrogens is 416 g/mol. The number of halogens is 1. The molecule has 1 heterocycles. The van der Waals surface area contributed by atoms with Crippen LogP contribution in [0.4, 0.5) is 0 Å². The van der Waals surface area contributed by atoms with Crippen LogP contribution in [-0.2, 0) is 4.74 Å². The molecule has 142 valence electrons. The fraction of sp³-hybridized carbons (Fsp3) is 0.250. The first-order valence-electron chi connectivity index (χ1n) is 8.33. The fourth-order valence-corrected chi connectivity index (χ4v) is 2.82. The van der Waals surface area contributed by atoms with Crippen molar-refractivity contribution in [1.29, 1.82) is 0 Å². The van der Waals surface area contributed by atoms with Gasteiger partial charge in [-0.2, -0.15) is 0 Å². The third-order valence-electron chi connectivity index (χ3n) is 3.89. The molecule has 0 aliphatic heterocycles. The van der Waals surface area contributed by atoms with E-state index >= 15 is 0 Å². The zero-order valence-electron chi connectivity index (χ0n) is 14.7. The maximum atomic E-state index is 12.8. The molecule has 7 heteroatoms. The molecule has 0 saturated heterocycles. The molecule has 0 fully saturated rings. The van der Waals surface area contributed by atoms with Gasteiger partial charge in [0, 0.05) is 24.6 Å². The molecule has 0 saturated carbocycles. The van der Waals surface area contributed by atoms with Gasteiger partial charge in [-0.1, -0.05) is 28.1 Å². The second kappa shape index (κ2) is 8.92. The number of alkyl halides is 1. The summed E-state index contributed by atoms with van der Waals surface area (Å²) in [6, 6.07) is 10.1. The number of hydrogen-bond acceptors (Lipinski definition) is 6. The van der Waals surface area contributed by atoms with Crippen LogP contribution in [0.5, 0.6) is 17.2 Å². The third kappa shape index (κ3) is 4.43. The highest BCUT2D eigenvalue weighted by molar-refractivity contribution is 9.09. The zero-order chi connectivity index (χ0) is 19.2. The van der Waals surface area contributed by atoms with Gasteiger partial charge >= 0.3 is 0 Å². The van der Waals surface area contributed by atoms with Gasteiger partial charge in [0.15, 0.2) is 6.79 Å². The summed E-state index contributed by atoms with van der Waals surface area (Å²) < 4.78 is 21.3. The number of methoxy groups -OCH3 is 1. The maximum Gasteiger partial charge on any atom is 0.204 e. The second-order valence-corrected chi connectivity index (χ2v) is 6.55. The Labute approximate surface area is 164 Å². The van der Waals surface area contributed by atoms with E-state index < -0.39 is 0 Å². The Hall–Kier alpha value is -2.51. The van der Waals surface area contributed by atoms with Crippen LogP contribution in [-0.4, -0.2) is 30.9 Å². The van der Waals surface area contributed by atoms with Gasteiger partial charge in [0.05, 0.1) is 12.2 Å². The molecule has 1 aromatic heterocycles. The molecule has 0 amide bonds. The van der Waals surface area contributed by atoms with Crippen molar-refractivity contribution in [2.24, 2.45) is 0 Å². The van der Waals surface area contributed by atoms with Crippen LogP contribution in [0.2, 0.25) is 0 Å². The number of aromatic hydroxyl groups is 1. The molecule has 3 aromatic rings. The largest absolute Gasteiger partial charge is 0.507 e. The highest BCUT2D eigenvalue weighted by Gasteiger charge is 2.14. The van der Waals surface area contributed by atoms with Gasteiger partial charge in [0.1, 0.15) is 34.5 Å². The quantitative estimate of drug-likeness (QED) is 0.323. The van der Waals surface area contributed by atoms with Crippen LogP contribution >= 0.6 is 15.9 Å². The molecule has 0 bridgehead atoms. The highest BCUT2D eigenvalue weighted by Crippen LogP contribution is 2.30. The van der Waals surface area contributed by atoms with E-state index in [4.69, 9.17) is 18.6 Å². The van der Waals surface area contributed by atoms with Crippen molar-refractivity contribution >= 4 is 26.9 Å². The summed E-state index contributed by atoms with van der Waals surface area (Å²) in [4.78, 5) is 12.8. The van der Waals surface area contributed by atoms with E-state index in [9.17, 15) is 9.90 Å². The van der Waals surface area contributed by atoms with Gasteiger partial charge in [-0.15, -0.1) is 0 Å². The minimum Gasteiger partial charge on any atom is -0.507 e. The van der Waals surface area contributed by atoms with Crippen molar-refractivity contribution in [2.45, 2.75) is 6.42 Å². The van der Waals surface area contributed by atoms with Crippen LogP contribution in [0.25, 0.3) is 22.1 Å². The average Bonchev–Trinajstić information content (AvgIpc) is 2.67. The number of hydrogen-bond donors (Lipinski definition) is 1. The standard InChI is InChI=1S/C20H19BrO6/c1-24-12-27-15-9-17(22)19-18(10-15)26-11-16(20(19)23)13-3-5-14(6-4-13)25-8-2-7-21/h3-6,9-11,22H,2,7-8,12H2,1H3. The second-order valence-electron chi connectivity index (χ2n) is 5.76. The van der Waals surface area contributed by atoms with E-state index in [0.717, 1.165) is 17.5 Å². The first kappa shape index (κ1) is 19.3. The van der Waals surface area contributed by atoms with Gasteiger partial charge < -0.3 is 23.7 Å². The van der Waals surface area contributed by atoms with E-state index in [-0.39, 0.29) is 28.9 Å². The lowest BCUT2D eigenvalue weighted by atomic mass is 10.0. The summed E-state index contributed by atoms with van der Waals surface area (Å²) in [6.45, 7) is 0.640. The summed E-state index contributed by atoms with van der Waals surface area (Å²) in [6.07, 6.45) is 2.29. The molecule has 0 spiro atoms. The normalized spacial score (nSPS) is 10.9. The molecule has 1 N–H and O–H groups in total. The number of fused-ring (bicyclic) bond motifs is 1. The van der Waals surface area contributed by atoms with Crippen molar-refractivity contribution in [2.75, 3.05) is 25.8 Å². The third-order valence-corrected chi connectivity index (χ3v) is 4.45. The maximum absolute atomic E-state index is 12.8. The molecular formula is C20H19BrO6. The lowest BCUT2D eigenvalue weighted by molar-refractivity contribution is 0.0510. The summed E-state index contributed by atoms with van der Waals surface area (Å²) in [5.41, 5.74) is 0.956. The SMILES string of the molecule is COCOc1cc(O)c2c(=O)c(-c3ccc(OCCCBr)cc3)coc2c1. The van der Waals surface area contributed by atoms with E-state index in [1.807, 2.05) is 0 Å². The highest BCUT2D eigenvalue weighted by atomic mass is 79.9. The van der Waals surface area contributed by atoms with Crippen molar-refractivity contribution < 1.29 is 23.7 Å². The minimum absolute atomic E-state index is 0.0251. The van der Waals surface area contributed by atoms with Crippen LogP contribution in [0.15, 0.2) is 51.9 Å². The van der Waals surface area contributed by atoms with Gasteiger partial charge in [0.2, 0.25) is 5.43 Å². The van der Waals surface area contributed by atoms with Gasteiger partial charge in [-0.3, -0.25) is 4.79 Å². The lowest BCUT2D eigenvalue weighted by Crippen LogP contribution is -2.06. The van der Waals surface area contributed by atoms with E-state index in [2.05, 4.69) is 15.9 Å². The Morgan fingerprint density at radius 2 is 1.89 bits per heavy atom.